The highest BCUT2D eigenvalue weighted by molar-refractivity contribution is 7.99. The molecule has 0 radical (unpaired) electrons. The van der Waals surface area contributed by atoms with Crippen molar-refractivity contribution in [2.24, 2.45) is 0 Å². The molecule has 0 aliphatic heterocycles. The van der Waals surface area contributed by atoms with Gasteiger partial charge in [0.2, 0.25) is 5.89 Å². The number of para-hydroxylation sites is 2. The quantitative estimate of drug-likeness (QED) is 0.670. The van der Waals surface area contributed by atoms with Crippen molar-refractivity contribution in [1.82, 2.24) is 15.1 Å². The van der Waals surface area contributed by atoms with E-state index in [2.05, 4.69) is 35.9 Å². The maximum absolute atomic E-state index is 5.70. The number of fused-ring (bicyclic) bond motifs is 1. The van der Waals surface area contributed by atoms with E-state index in [0.717, 1.165) is 11.1 Å². The molecule has 0 bridgehead atoms. The minimum Gasteiger partial charge on any atom is -0.431 e. The maximum atomic E-state index is 5.70. The van der Waals surface area contributed by atoms with Crippen LogP contribution in [0.3, 0.4) is 0 Å². The molecule has 0 amide bonds. The average Bonchev–Trinajstić information content (AvgIpc) is 3.04. The Morgan fingerprint density at radius 2 is 1.90 bits per heavy atom. The van der Waals surface area contributed by atoms with Gasteiger partial charge in [-0.3, -0.25) is 0 Å². The monoisotopic (exact) mass is 303 g/mol. The number of hydrogen-bond acceptors (Lipinski definition) is 6. The molecule has 0 aliphatic rings. The lowest BCUT2D eigenvalue weighted by molar-refractivity contribution is 0.363. The fourth-order valence-electron chi connectivity index (χ4n) is 1.81. The minimum atomic E-state index is -0.121. The van der Waals surface area contributed by atoms with Crippen molar-refractivity contribution >= 4 is 22.9 Å². The number of hydrogen-bond donors (Lipinski definition) is 0. The normalized spacial score (nSPS) is 13.7. The van der Waals surface area contributed by atoms with Crippen LogP contribution in [0.2, 0.25) is 0 Å². The Hall–Kier alpha value is -1.82. The van der Waals surface area contributed by atoms with Gasteiger partial charge in [-0.2, -0.15) is 4.98 Å². The van der Waals surface area contributed by atoms with Crippen LogP contribution < -0.4 is 0 Å². The molecule has 6 heteroatoms. The lowest BCUT2D eigenvalue weighted by Gasteiger charge is -2.11. The number of thioether (sulfide) groups is 1. The zero-order chi connectivity index (χ0) is 15.0. The first-order valence-electron chi connectivity index (χ1n) is 6.80. The first-order valence-corrected chi connectivity index (χ1v) is 7.68. The molecule has 2 aromatic heterocycles. The molecule has 0 aliphatic carbocycles. The van der Waals surface area contributed by atoms with Gasteiger partial charge < -0.3 is 8.94 Å². The molecule has 3 rings (SSSR count). The van der Waals surface area contributed by atoms with Gasteiger partial charge >= 0.3 is 0 Å². The molecule has 5 nitrogen and oxygen atoms in total. The summed E-state index contributed by atoms with van der Waals surface area (Å²) in [6.45, 7) is 8.17. The van der Waals surface area contributed by atoms with E-state index in [0.29, 0.717) is 16.9 Å². The molecule has 2 heterocycles. The van der Waals surface area contributed by atoms with E-state index in [9.17, 15) is 0 Å². The van der Waals surface area contributed by atoms with E-state index in [-0.39, 0.29) is 10.7 Å². The minimum absolute atomic E-state index is 0.0123. The van der Waals surface area contributed by atoms with E-state index >= 15 is 0 Å². The van der Waals surface area contributed by atoms with Crippen LogP contribution in [0.15, 0.2) is 38.4 Å². The van der Waals surface area contributed by atoms with Crippen LogP contribution in [0, 0.1) is 0 Å². The summed E-state index contributed by atoms with van der Waals surface area (Å²) in [5.74, 6) is 1.30. The molecule has 0 N–H and O–H groups in total. The smallest absolute Gasteiger partial charge is 0.257 e. The van der Waals surface area contributed by atoms with Gasteiger partial charge in [0.15, 0.2) is 11.4 Å². The van der Waals surface area contributed by atoms with Crippen LogP contribution in [0.25, 0.3) is 11.1 Å². The van der Waals surface area contributed by atoms with Crippen molar-refractivity contribution in [3.8, 4) is 0 Å². The van der Waals surface area contributed by atoms with Gasteiger partial charge in [-0.1, -0.05) is 49.8 Å². The second-order valence-electron chi connectivity index (χ2n) is 5.91. The molecule has 110 valence electrons. The molecule has 0 spiro atoms. The van der Waals surface area contributed by atoms with E-state index in [1.165, 1.54) is 11.8 Å². The van der Waals surface area contributed by atoms with Crippen LogP contribution in [-0.2, 0) is 5.41 Å². The number of nitrogens with zero attached hydrogens (tertiary/aromatic N) is 3. The van der Waals surface area contributed by atoms with Crippen molar-refractivity contribution in [2.75, 3.05) is 0 Å². The molecule has 1 unspecified atom stereocenters. The molecule has 0 saturated heterocycles. The Balaban J connectivity index is 1.79. The number of benzene rings is 1. The summed E-state index contributed by atoms with van der Waals surface area (Å²) < 4.78 is 11.0. The Labute approximate surface area is 127 Å². The van der Waals surface area contributed by atoms with Crippen molar-refractivity contribution < 1.29 is 8.94 Å². The lowest BCUT2D eigenvalue weighted by Crippen LogP contribution is -2.13. The first kappa shape index (κ1) is 14.1. The predicted molar refractivity (Wildman–Crippen MR) is 81.3 cm³/mol. The summed E-state index contributed by atoms with van der Waals surface area (Å²) in [5, 5.41) is 4.64. The Morgan fingerprint density at radius 3 is 2.57 bits per heavy atom. The molecule has 3 aromatic rings. The third-order valence-electron chi connectivity index (χ3n) is 3.01. The topological polar surface area (TPSA) is 65.0 Å². The van der Waals surface area contributed by atoms with E-state index < -0.39 is 0 Å². The molecule has 0 fully saturated rings. The van der Waals surface area contributed by atoms with E-state index in [1.807, 2.05) is 31.2 Å². The molecule has 1 aromatic carbocycles. The van der Waals surface area contributed by atoms with Crippen molar-refractivity contribution in [2.45, 2.75) is 43.6 Å². The number of aromatic nitrogens is 3. The Kier molecular flexibility index (Phi) is 3.49. The van der Waals surface area contributed by atoms with Crippen LogP contribution in [0.4, 0.5) is 0 Å². The largest absolute Gasteiger partial charge is 0.431 e. The highest BCUT2D eigenvalue weighted by Gasteiger charge is 2.24. The summed E-state index contributed by atoms with van der Waals surface area (Å²) in [7, 11) is 0. The standard InChI is InChI=1S/C15H17N3O2S/c1-9(12-17-13(18-20-12)15(2,3)4)21-14-16-10-7-5-6-8-11(10)19-14/h5-9H,1-4H3. The molecular formula is C15H17N3O2S. The van der Waals surface area contributed by atoms with Crippen LogP contribution in [-0.4, -0.2) is 15.1 Å². The second-order valence-corrected chi connectivity index (χ2v) is 7.21. The van der Waals surface area contributed by atoms with E-state index in [4.69, 9.17) is 8.94 Å². The second kappa shape index (κ2) is 5.18. The first-order chi connectivity index (χ1) is 9.93. The molecule has 1 atom stereocenters. The van der Waals surface area contributed by atoms with Crippen molar-refractivity contribution in [1.29, 1.82) is 0 Å². The lowest BCUT2D eigenvalue weighted by atomic mass is 9.96. The summed E-state index contributed by atoms with van der Waals surface area (Å²) in [4.78, 5) is 8.90. The van der Waals surface area contributed by atoms with Gasteiger partial charge in [-0.25, -0.2) is 4.98 Å². The molecule has 0 saturated carbocycles. The van der Waals surface area contributed by atoms with Gasteiger partial charge in [-0.05, 0) is 19.1 Å². The highest BCUT2D eigenvalue weighted by atomic mass is 32.2. The zero-order valence-electron chi connectivity index (χ0n) is 12.5. The molecular weight excluding hydrogens is 286 g/mol. The Bertz CT molecular complexity index is 724. The number of oxazole rings is 1. The van der Waals surface area contributed by atoms with Crippen LogP contribution >= 0.6 is 11.8 Å². The summed E-state index contributed by atoms with van der Waals surface area (Å²) >= 11 is 1.47. The third kappa shape index (κ3) is 2.95. The maximum Gasteiger partial charge on any atom is 0.257 e. The van der Waals surface area contributed by atoms with E-state index in [1.54, 1.807) is 0 Å². The van der Waals surface area contributed by atoms with Gasteiger partial charge in [-0.15, -0.1) is 0 Å². The summed E-state index contributed by atoms with van der Waals surface area (Å²) in [5.41, 5.74) is 1.52. The highest BCUT2D eigenvalue weighted by Crippen LogP contribution is 2.35. The van der Waals surface area contributed by atoms with Crippen LogP contribution in [0.5, 0.6) is 0 Å². The summed E-state index contributed by atoms with van der Waals surface area (Å²) in [6.07, 6.45) is 0. The van der Waals surface area contributed by atoms with Crippen molar-refractivity contribution in [3.05, 3.63) is 36.0 Å². The average molecular weight is 303 g/mol. The zero-order valence-corrected chi connectivity index (χ0v) is 13.3. The Morgan fingerprint density at radius 1 is 1.14 bits per heavy atom. The number of rotatable bonds is 3. The fraction of sp³-hybridized carbons (Fsp3) is 0.400. The molecule has 21 heavy (non-hydrogen) atoms. The van der Waals surface area contributed by atoms with Gasteiger partial charge in [0.05, 0.1) is 5.25 Å². The third-order valence-corrected chi connectivity index (χ3v) is 3.94. The fourth-order valence-corrected chi connectivity index (χ4v) is 2.60. The van der Waals surface area contributed by atoms with Crippen molar-refractivity contribution in [3.63, 3.8) is 0 Å². The van der Waals surface area contributed by atoms with Gasteiger partial charge in [0.1, 0.15) is 5.52 Å². The van der Waals surface area contributed by atoms with Gasteiger partial charge in [0, 0.05) is 5.41 Å². The SMILES string of the molecule is CC(Sc1nc2ccccc2o1)c1nc(C(C)(C)C)no1. The van der Waals surface area contributed by atoms with Gasteiger partial charge in [0.25, 0.3) is 5.22 Å². The predicted octanol–water partition coefficient (Wildman–Crippen LogP) is 4.36. The summed E-state index contributed by atoms with van der Waals surface area (Å²) in [6, 6.07) is 7.70. The van der Waals surface area contributed by atoms with Crippen LogP contribution in [0.1, 0.15) is 44.7 Å².